The van der Waals surface area contributed by atoms with Gasteiger partial charge in [-0.1, -0.05) is 0 Å². The van der Waals surface area contributed by atoms with Gasteiger partial charge in [-0.25, -0.2) is 0 Å². The van der Waals surface area contributed by atoms with Gasteiger partial charge in [-0.05, 0) is 40.0 Å². The molecule has 0 radical (unpaired) electrons. The molecule has 1 N–H and O–H groups in total. The molecule has 0 saturated heterocycles. The van der Waals surface area contributed by atoms with Gasteiger partial charge in [-0.3, -0.25) is 4.79 Å². The Bertz CT molecular complexity index is 613. The van der Waals surface area contributed by atoms with Crippen molar-refractivity contribution >= 4 is 32.1 Å². The van der Waals surface area contributed by atoms with Gasteiger partial charge >= 0.3 is 16.2 Å². The number of hydrogen-bond acceptors (Lipinski definition) is 4. The van der Waals surface area contributed by atoms with E-state index in [9.17, 15) is 17.1 Å². The zero-order valence-electron chi connectivity index (χ0n) is 8.89. The first-order valence-corrected chi connectivity index (χ1v) is 7.09. The fraction of sp³-hybridized carbons (Fsp3) is 0.300. The topological polar surface area (TPSA) is 80.7 Å². The van der Waals surface area contributed by atoms with E-state index in [0.717, 1.165) is 6.07 Å². The number of aliphatic carboxylic acids is 1. The maximum atomic E-state index is 13.0. The van der Waals surface area contributed by atoms with Gasteiger partial charge in [0, 0.05) is 4.47 Å². The third-order valence-corrected chi connectivity index (χ3v) is 4.41. The summed E-state index contributed by atoms with van der Waals surface area (Å²) in [7, 11) is -4.85. The van der Waals surface area contributed by atoms with Crippen LogP contribution in [0.2, 0.25) is 0 Å². The highest BCUT2D eigenvalue weighted by Crippen LogP contribution is 2.35. The molecule has 8 heteroatoms. The van der Waals surface area contributed by atoms with Crippen LogP contribution in [0.25, 0.3) is 0 Å². The highest BCUT2D eigenvalue weighted by atomic mass is 79.9. The number of carboxylic acids is 1. The van der Waals surface area contributed by atoms with Crippen molar-refractivity contribution < 1.29 is 26.9 Å². The molecular weight excluding hydrogens is 331 g/mol. The van der Waals surface area contributed by atoms with Crippen molar-refractivity contribution in [3.8, 4) is 5.75 Å². The number of fused-ring (bicyclic) bond motifs is 1. The molecule has 0 spiro atoms. The molecule has 5 nitrogen and oxygen atoms in total. The fourth-order valence-corrected chi connectivity index (χ4v) is 3.21. The van der Waals surface area contributed by atoms with E-state index in [4.69, 9.17) is 9.84 Å². The van der Waals surface area contributed by atoms with Crippen LogP contribution in [0, 0.1) is 5.92 Å². The average molecular weight is 339 g/mol. The Kier molecular flexibility index (Phi) is 3.33. The quantitative estimate of drug-likeness (QED) is 0.831. The number of halogens is 2. The number of rotatable bonds is 2. The molecule has 0 aromatic heterocycles. The highest BCUT2D eigenvalue weighted by Gasteiger charge is 2.28. The van der Waals surface area contributed by atoms with Crippen molar-refractivity contribution in [2.45, 2.75) is 11.3 Å². The Hall–Kier alpha value is -1.15. The number of carboxylic acid groups (broad SMARTS) is 1. The Labute approximate surface area is 111 Å². The summed E-state index contributed by atoms with van der Waals surface area (Å²) < 4.78 is 40.1. The van der Waals surface area contributed by atoms with Gasteiger partial charge in [0.05, 0.1) is 5.92 Å². The van der Waals surface area contributed by atoms with Crippen molar-refractivity contribution in [3.63, 3.8) is 0 Å². The third-order valence-electron chi connectivity index (χ3n) is 2.63. The summed E-state index contributed by atoms with van der Waals surface area (Å²) in [5.74, 6) is -1.42. The lowest BCUT2D eigenvalue weighted by molar-refractivity contribution is -0.143. The molecule has 1 aliphatic rings. The van der Waals surface area contributed by atoms with E-state index in [0.29, 0.717) is 11.3 Å². The molecule has 1 aromatic carbocycles. The Morgan fingerprint density at radius 2 is 2.17 bits per heavy atom. The molecular formula is C10H8BrFO5S. The number of carbonyl (C=O) groups is 1. The molecule has 18 heavy (non-hydrogen) atoms. The lowest BCUT2D eigenvalue weighted by Gasteiger charge is -2.23. The smallest absolute Gasteiger partial charge is 0.333 e. The molecule has 1 aliphatic heterocycles. The summed E-state index contributed by atoms with van der Waals surface area (Å²) in [6.45, 7) is 0.0104. The first-order valence-electron chi connectivity index (χ1n) is 4.91. The monoisotopic (exact) mass is 338 g/mol. The van der Waals surface area contributed by atoms with Crippen LogP contribution in [0.1, 0.15) is 5.56 Å². The third kappa shape index (κ3) is 2.49. The van der Waals surface area contributed by atoms with Gasteiger partial charge in [-0.15, -0.1) is 3.89 Å². The fourth-order valence-electron chi connectivity index (χ4n) is 1.73. The van der Waals surface area contributed by atoms with Gasteiger partial charge in [0.1, 0.15) is 17.3 Å². The van der Waals surface area contributed by atoms with Crippen LogP contribution in [0.5, 0.6) is 5.75 Å². The van der Waals surface area contributed by atoms with Crippen LogP contribution in [0.4, 0.5) is 3.89 Å². The van der Waals surface area contributed by atoms with Gasteiger partial charge < -0.3 is 9.84 Å². The second-order valence-corrected chi connectivity index (χ2v) is 6.05. The van der Waals surface area contributed by atoms with Gasteiger partial charge in [-0.2, -0.15) is 8.42 Å². The maximum Gasteiger partial charge on any atom is 0.333 e. The molecule has 98 valence electrons. The van der Waals surface area contributed by atoms with Crippen molar-refractivity contribution in [1.29, 1.82) is 0 Å². The minimum atomic E-state index is -4.85. The molecule has 2 rings (SSSR count). The number of hydrogen-bond donors (Lipinski definition) is 1. The molecule has 1 atom stereocenters. The standard InChI is InChI=1S/C10H8BrFO5S/c11-7-3-8-5(2-9(7)18(12,15)16)1-6(4-17-8)10(13)14/h2-3,6H,1,4H2,(H,13,14). The van der Waals surface area contributed by atoms with Crippen LogP contribution < -0.4 is 4.74 Å². The predicted octanol–water partition coefficient (Wildman–Crippen LogP) is 1.74. The molecule has 0 bridgehead atoms. The molecule has 0 fully saturated rings. The Morgan fingerprint density at radius 1 is 1.50 bits per heavy atom. The zero-order chi connectivity index (χ0) is 13.5. The lowest BCUT2D eigenvalue weighted by Crippen LogP contribution is -2.28. The van der Waals surface area contributed by atoms with E-state index in [-0.39, 0.29) is 17.5 Å². The summed E-state index contributed by atoms with van der Waals surface area (Å²) in [4.78, 5) is 10.3. The molecule has 0 saturated carbocycles. The summed E-state index contributed by atoms with van der Waals surface area (Å²) >= 11 is 2.94. The second-order valence-electron chi connectivity index (χ2n) is 3.88. The minimum absolute atomic E-state index is 0.0104. The molecule has 0 aliphatic carbocycles. The highest BCUT2D eigenvalue weighted by molar-refractivity contribution is 9.10. The average Bonchev–Trinajstić information content (AvgIpc) is 2.25. The van der Waals surface area contributed by atoms with Crippen molar-refractivity contribution in [3.05, 3.63) is 22.2 Å². The van der Waals surface area contributed by atoms with E-state index < -0.39 is 27.0 Å². The summed E-state index contributed by atoms with van der Waals surface area (Å²) in [6.07, 6.45) is 0.112. The summed E-state index contributed by atoms with van der Waals surface area (Å²) in [6, 6.07) is 2.43. The minimum Gasteiger partial charge on any atom is -0.492 e. The van der Waals surface area contributed by atoms with Crippen molar-refractivity contribution in [2.75, 3.05) is 6.61 Å². The van der Waals surface area contributed by atoms with Gasteiger partial charge in [0.15, 0.2) is 0 Å². The Balaban J connectivity index is 2.48. The van der Waals surface area contributed by atoms with E-state index in [2.05, 4.69) is 15.9 Å². The molecule has 0 amide bonds. The largest absolute Gasteiger partial charge is 0.492 e. The van der Waals surface area contributed by atoms with Crippen LogP contribution in [0.3, 0.4) is 0 Å². The van der Waals surface area contributed by atoms with Crippen LogP contribution in [0.15, 0.2) is 21.5 Å². The lowest BCUT2D eigenvalue weighted by atomic mass is 9.97. The van der Waals surface area contributed by atoms with E-state index in [1.165, 1.54) is 6.07 Å². The van der Waals surface area contributed by atoms with Gasteiger partial charge in [0.25, 0.3) is 0 Å². The maximum absolute atomic E-state index is 13.0. The predicted molar refractivity (Wildman–Crippen MR) is 62.8 cm³/mol. The first kappa shape index (κ1) is 13.3. The van der Waals surface area contributed by atoms with Gasteiger partial charge in [0.2, 0.25) is 0 Å². The number of benzene rings is 1. The SMILES string of the molecule is O=C(O)C1COc2cc(Br)c(S(=O)(=O)F)cc2C1. The molecule has 1 heterocycles. The summed E-state index contributed by atoms with van der Waals surface area (Å²) in [5, 5.41) is 8.87. The van der Waals surface area contributed by atoms with Crippen molar-refractivity contribution in [2.24, 2.45) is 5.92 Å². The summed E-state index contributed by atoms with van der Waals surface area (Å²) in [5.41, 5.74) is 0.369. The number of ether oxygens (including phenoxy) is 1. The van der Waals surface area contributed by atoms with E-state index >= 15 is 0 Å². The Morgan fingerprint density at radius 3 is 2.72 bits per heavy atom. The van der Waals surface area contributed by atoms with Crippen LogP contribution in [-0.4, -0.2) is 26.1 Å². The first-order chi connectivity index (χ1) is 8.29. The molecule has 1 unspecified atom stereocenters. The van der Waals surface area contributed by atoms with Crippen LogP contribution >= 0.6 is 15.9 Å². The second kappa shape index (κ2) is 4.51. The van der Waals surface area contributed by atoms with Crippen molar-refractivity contribution in [1.82, 2.24) is 0 Å². The zero-order valence-corrected chi connectivity index (χ0v) is 11.3. The molecule has 1 aromatic rings. The van der Waals surface area contributed by atoms with E-state index in [1.807, 2.05) is 0 Å². The van der Waals surface area contributed by atoms with E-state index in [1.54, 1.807) is 0 Å². The normalized spacial score (nSPS) is 18.9. The van der Waals surface area contributed by atoms with Crippen LogP contribution in [-0.2, 0) is 21.4 Å².